The van der Waals surface area contributed by atoms with Crippen molar-refractivity contribution < 1.29 is 9.18 Å². The second-order valence-electron chi connectivity index (χ2n) is 3.34. The van der Waals surface area contributed by atoms with Crippen LogP contribution in [0.5, 0.6) is 0 Å². The molecule has 0 amide bonds. The van der Waals surface area contributed by atoms with Crippen molar-refractivity contribution in [2.75, 3.05) is 0 Å². The minimum absolute atomic E-state index is 0.0391. The van der Waals surface area contributed by atoms with Crippen LogP contribution in [0.3, 0.4) is 0 Å². The van der Waals surface area contributed by atoms with E-state index in [2.05, 4.69) is 0 Å². The van der Waals surface area contributed by atoms with Crippen LogP contribution in [0.2, 0.25) is 0 Å². The molecule has 0 fully saturated rings. The Labute approximate surface area is 76.6 Å². The number of fused-ring (bicyclic) bond motifs is 1. The number of benzene rings is 1. The van der Waals surface area contributed by atoms with E-state index < -0.39 is 0 Å². The molecule has 0 radical (unpaired) electrons. The summed E-state index contributed by atoms with van der Waals surface area (Å²) in [6.07, 6.45) is 2.06. The summed E-state index contributed by atoms with van der Waals surface area (Å²) in [5.74, 6) is -0.391. The molecule has 0 N–H and O–H groups in total. The smallest absolute Gasteiger partial charge is 0.166 e. The number of Topliss-reactive ketones (excluding diaryl/α,β-unsaturated/α-hetero) is 1. The highest BCUT2D eigenvalue weighted by Crippen LogP contribution is 2.27. The fourth-order valence-corrected chi connectivity index (χ4v) is 1.94. The highest BCUT2D eigenvalue weighted by Gasteiger charge is 2.24. The summed E-state index contributed by atoms with van der Waals surface area (Å²) in [4.78, 5) is 11.3. The molecule has 0 bridgehead atoms. The highest BCUT2D eigenvalue weighted by atomic mass is 19.1. The first-order chi connectivity index (χ1) is 6.24. The van der Waals surface area contributed by atoms with Crippen LogP contribution in [0.25, 0.3) is 0 Å². The molecule has 0 aliphatic heterocycles. The molecule has 2 rings (SSSR count). The minimum atomic E-state index is -0.352. The molecule has 0 aromatic heterocycles. The van der Waals surface area contributed by atoms with E-state index in [4.69, 9.17) is 0 Å². The summed E-state index contributed by atoms with van der Waals surface area (Å²) in [5, 5.41) is 0. The summed E-state index contributed by atoms with van der Waals surface area (Å²) < 4.78 is 13.2. The van der Waals surface area contributed by atoms with Gasteiger partial charge in [0.2, 0.25) is 0 Å². The maximum atomic E-state index is 13.2. The number of ketones is 1. The predicted molar refractivity (Wildman–Crippen MR) is 48.4 cm³/mol. The van der Waals surface area contributed by atoms with E-state index >= 15 is 0 Å². The summed E-state index contributed by atoms with van der Waals surface area (Å²) in [6.45, 7) is 2.02. The van der Waals surface area contributed by atoms with Gasteiger partial charge in [-0.1, -0.05) is 13.0 Å². The zero-order valence-electron chi connectivity index (χ0n) is 7.56. The van der Waals surface area contributed by atoms with E-state index in [9.17, 15) is 9.18 Å². The van der Waals surface area contributed by atoms with E-state index in [0.29, 0.717) is 12.0 Å². The molecule has 0 saturated heterocycles. The lowest BCUT2D eigenvalue weighted by atomic mass is 10.0. The van der Waals surface area contributed by atoms with Gasteiger partial charge in [0, 0.05) is 6.42 Å². The van der Waals surface area contributed by atoms with Crippen molar-refractivity contribution >= 4 is 5.78 Å². The van der Waals surface area contributed by atoms with Crippen molar-refractivity contribution in [3.05, 3.63) is 34.6 Å². The molecule has 68 valence electrons. The van der Waals surface area contributed by atoms with Crippen molar-refractivity contribution in [3.8, 4) is 0 Å². The van der Waals surface area contributed by atoms with Crippen LogP contribution in [0.15, 0.2) is 12.1 Å². The predicted octanol–water partition coefficient (Wildman–Crippen LogP) is 2.52. The topological polar surface area (TPSA) is 17.1 Å². The van der Waals surface area contributed by atoms with Gasteiger partial charge in [0.1, 0.15) is 5.82 Å². The van der Waals surface area contributed by atoms with Gasteiger partial charge in [-0.25, -0.2) is 4.39 Å². The molecular formula is C11H11FO. The SMILES string of the molecule is CCc1ccc(F)c2c1CCC2=O. The molecule has 1 aliphatic carbocycles. The second-order valence-corrected chi connectivity index (χ2v) is 3.34. The molecule has 0 saturated carbocycles. The standard InChI is InChI=1S/C11H11FO/c1-2-7-3-5-9(12)11-8(7)4-6-10(11)13/h3,5H,2,4,6H2,1H3. The lowest BCUT2D eigenvalue weighted by Gasteiger charge is -2.05. The van der Waals surface area contributed by atoms with Gasteiger partial charge >= 0.3 is 0 Å². The Kier molecular flexibility index (Phi) is 1.91. The maximum Gasteiger partial charge on any atom is 0.166 e. The first-order valence-electron chi connectivity index (χ1n) is 4.57. The molecule has 13 heavy (non-hydrogen) atoms. The first-order valence-corrected chi connectivity index (χ1v) is 4.57. The van der Waals surface area contributed by atoms with Crippen LogP contribution in [0.4, 0.5) is 4.39 Å². The van der Waals surface area contributed by atoms with Gasteiger partial charge in [-0.3, -0.25) is 4.79 Å². The lowest BCUT2D eigenvalue weighted by molar-refractivity contribution is 0.0991. The quantitative estimate of drug-likeness (QED) is 0.645. The van der Waals surface area contributed by atoms with Crippen LogP contribution in [0, 0.1) is 5.82 Å². The number of hydrogen-bond donors (Lipinski definition) is 0. The third kappa shape index (κ3) is 1.17. The first kappa shape index (κ1) is 8.42. The Morgan fingerprint density at radius 2 is 2.15 bits per heavy atom. The molecular weight excluding hydrogens is 167 g/mol. The Balaban J connectivity index is 2.65. The normalized spacial score (nSPS) is 14.8. The molecule has 1 aliphatic rings. The molecule has 1 aromatic carbocycles. The fourth-order valence-electron chi connectivity index (χ4n) is 1.94. The number of carbonyl (C=O) groups is 1. The van der Waals surface area contributed by atoms with Crippen molar-refractivity contribution in [1.82, 2.24) is 0 Å². The Morgan fingerprint density at radius 1 is 1.38 bits per heavy atom. The van der Waals surface area contributed by atoms with E-state index in [1.165, 1.54) is 6.07 Å². The van der Waals surface area contributed by atoms with Crippen LogP contribution in [-0.4, -0.2) is 5.78 Å². The number of hydrogen-bond acceptors (Lipinski definition) is 1. The largest absolute Gasteiger partial charge is 0.294 e. The Hall–Kier alpha value is -1.18. The monoisotopic (exact) mass is 178 g/mol. The van der Waals surface area contributed by atoms with Gasteiger partial charge in [-0.15, -0.1) is 0 Å². The van der Waals surface area contributed by atoms with Gasteiger partial charge in [-0.2, -0.15) is 0 Å². The minimum Gasteiger partial charge on any atom is -0.294 e. The second kappa shape index (κ2) is 2.95. The Morgan fingerprint density at radius 3 is 2.85 bits per heavy atom. The highest BCUT2D eigenvalue weighted by molar-refractivity contribution is 6.01. The average Bonchev–Trinajstić information content (AvgIpc) is 2.50. The Bertz CT molecular complexity index is 369. The molecule has 0 spiro atoms. The maximum absolute atomic E-state index is 13.2. The van der Waals surface area contributed by atoms with Crippen molar-refractivity contribution in [2.24, 2.45) is 0 Å². The molecule has 0 heterocycles. The average molecular weight is 178 g/mol. The lowest BCUT2D eigenvalue weighted by Crippen LogP contribution is -1.98. The number of halogens is 1. The zero-order chi connectivity index (χ0) is 9.42. The third-order valence-electron chi connectivity index (χ3n) is 2.62. The van der Waals surface area contributed by atoms with E-state index in [0.717, 1.165) is 24.0 Å². The molecule has 2 heteroatoms. The van der Waals surface area contributed by atoms with Gasteiger partial charge < -0.3 is 0 Å². The van der Waals surface area contributed by atoms with E-state index in [1.54, 1.807) is 6.07 Å². The van der Waals surface area contributed by atoms with Crippen molar-refractivity contribution in [1.29, 1.82) is 0 Å². The van der Waals surface area contributed by atoms with E-state index in [-0.39, 0.29) is 11.6 Å². The van der Waals surface area contributed by atoms with Gasteiger partial charge in [0.15, 0.2) is 5.78 Å². The molecule has 0 unspecified atom stereocenters. The van der Waals surface area contributed by atoms with Crippen LogP contribution < -0.4 is 0 Å². The fraction of sp³-hybridized carbons (Fsp3) is 0.364. The number of carbonyl (C=O) groups excluding carboxylic acids is 1. The number of rotatable bonds is 1. The van der Waals surface area contributed by atoms with E-state index in [1.807, 2.05) is 6.92 Å². The van der Waals surface area contributed by atoms with Gasteiger partial charge in [0.05, 0.1) is 5.56 Å². The summed E-state index contributed by atoms with van der Waals surface area (Å²) in [7, 11) is 0. The number of aryl methyl sites for hydroxylation is 1. The zero-order valence-corrected chi connectivity index (χ0v) is 7.56. The van der Waals surface area contributed by atoms with Gasteiger partial charge in [-0.05, 0) is 30.0 Å². The molecule has 0 atom stereocenters. The van der Waals surface area contributed by atoms with Crippen LogP contribution in [0.1, 0.15) is 34.8 Å². The summed E-state index contributed by atoms with van der Waals surface area (Å²) >= 11 is 0. The van der Waals surface area contributed by atoms with Crippen molar-refractivity contribution in [2.45, 2.75) is 26.2 Å². The molecule has 1 nitrogen and oxygen atoms in total. The molecule has 1 aromatic rings. The van der Waals surface area contributed by atoms with Crippen LogP contribution in [-0.2, 0) is 12.8 Å². The summed E-state index contributed by atoms with van der Waals surface area (Å²) in [5.41, 5.74) is 2.40. The third-order valence-corrected chi connectivity index (χ3v) is 2.62. The van der Waals surface area contributed by atoms with Crippen molar-refractivity contribution in [3.63, 3.8) is 0 Å². The van der Waals surface area contributed by atoms with Crippen LogP contribution >= 0.6 is 0 Å². The van der Waals surface area contributed by atoms with Gasteiger partial charge in [0.25, 0.3) is 0 Å². The summed E-state index contributed by atoms with van der Waals surface area (Å²) in [6, 6.07) is 3.19.